The van der Waals surface area contributed by atoms with Crippen LogP contribution in [0, 0.1) is 6.07 Å². The summed E-state index contributed by atoms with van der Waals surface area (Å²) < 4.78 is 1.50. The van der Waals surface area contributed by atoms with E-state index >= 15 is 0 Å². The molecule has 87 valence electrons. The second-order valence-electron chi connectivity index (χ2n) is 3.36. The van der Waals surface area contributed by atoms with Crippen molar-refractivity contribution in [1.82, 2.24) is 14.8 Å². The Labute approximate surface area is 101 Å². The van der Waals surface area contributed by atoms with E-state index in [0.717, 1.165) is 5.01 Å². The van der Waals surface area contributed by atoms with Gasteiger partial charge in [0, 0.05) is 25.4 Å². The van der Waals surface area contributed by atoms with E-state index in [1.807, 2.05) is 0 Å². The first kappa shape index (κ1) is 11.5. The first-order valence-corrected chi connectivity index (χ1v) is 5.58. The molecular formula is C10H9N4O2S. The van der Waals surface area contributed by atoms with Crippen molar-refractivity contribution in [1.29, 1.82) is 0 Å². The number of primary amides is 1. The highest BCUT2D eigenvalue weighted by Crippen LogP contribution is 2.14. The Bertz CT molecular complexity index is 522. The minimum absolute atomic E-state index is 0.0152. The molecule has 2 heterocycles. The molecule has 2 rings (SSSR count). The highest BCUT2D eigenvalue weighted by atomic mass is 32.1. The molecular weight excluding hydrogens is 240 g/mol. The van der Waals surface area contributed by atoms with Gasteiger partial charge in [-0.1, -0.05) is 0 Å². The molecule has 1 radical (unpaired) electrons. The smallest absolute Gasteiger partial charge is 0.269 e. The standard InChI is InChI=1S/C10H9N4O2S/c1-6(15)8-4-12-9(17-8)5-14-3-2-7(13-14)10(11)16/h3-4H,5H2,1H3,(H2,11,16). The lowest BCUT2D eigenvalue weighted by atomic mass is 10.4. The SMILES string of the molecule is CC(=O)c1cnc(Cn2c[c]c(C(N)=O)n2)s1. The predicted octanol–water partition coefficient (Wildman–Crippen LogP) is 0.490. The van der Waals surface area contributed by atoms with E-state index in [4.69, 9.17) is 5.73 Å². The molecule has 0 saturated heterocycles. The zero-order valence-corrected chi connectivity index (χ0v) is 9.82. The average Bonchev–Trinajstić information content (AvgIpc) is 2.87. The van der Waals surface area contributed by atoms with Gasteiger partial charge in [-0.3, -0.25) is 14.3 Å². The Balaban J connectivity index is 2.13. The van der Waals surface area contributed by atoms with Gasteiger partial charge in [0.2, 0.25) is 0 Å². The van der Waals surface area contributed by atoms with Crippen LogP contribution < -0.4 is 5.73 Å². The summed E-state index contributed by atoms with van der Waals surface area (Å²) in [6.45, 7) is 1.88. The van der Waals surface area contributed by atoms with E-state index in [9.17, 15) is 9.59 Å². The number of rotatable bonds is 4. The minimum atomic E-state index is -0.618. The van der Waals surface area contributed by atoms with Crippen molar-refractivity contribution >= 4 is 23.0 Å². The fraction of sp³-hybridized carbons (Fsp3) is 0.200. The molecule has 0 bridgehead atoms. The lowest BCUT2D eigenvalue weighted by Crippen LogP contribution is -2.12. The lowest BCUT2D eigenvalue weighted by molar-refractivity contribution is 0.0991. The summed E-state index contributed by atoms with van der Waals surface area (Å²) in [5.74, 6) is -0.633. The molecule has 0 spiro atoms. The monoisotopic (exact) mass is 249 g/mol. The molecule has 7 heteroatoms. The molecule has 0 aliphatic carbocycles. The van der Waals surface area contributed by atoms with E-state index in [2.05, 4.69) is 16.1 Å². The van der Waals surface area contributed by atoms with Gasteiger partial charge in [-0.05, 0) is 0 Å². The van der Waals surface area contributed by atoms with Crippen molar-refractivity contribution in [3.8, 4) is 0 Å². The number of ketones is 1. The molecule has 2 aromatic rings. The van der Waals surface area contributed by atoms with Gasteiger partial charge < -0.3 is 5.73 Å². The van der Waals surface area contributed by atoms with Crippen LogP contribution in [0.4, 0.5) is 0 Å². The van der Waals surface area contributed by atoms with Crippen LogP contribution in [0.1, 0.15) is 32.1 Å². The van der Waals surface area contributed by atoms with E-state index < -0.39 is 5.91 Å². The number of nitrogens with zero attached hydrogens (tertiary/aromatic N) is 3. The van der Waals surface area contributed by atoms with Crippen molar-refractivity contribution in [3.05, 3.63) is 34.0 Å². The Kier molecular flexibility index (Phi) is 3.01. The first-order valence-electron chi connectivity index (χ1n) is 4.77. The minimum Gasteiger partial charge on any atom is -0.364 e. The summed E-state index contributed by atoms with van der Waals surface area (Å²) in [7, 11) is 0. The fourth-order valence-electron chi connectivity index (χ4n) is 1.21. The largest absolute Gasteiger partial charge is 0.364 e. The molecule has 1 amide bonds. The number of hydrogen-bond acceptors (Lipinski definition) is 5. The number of hydrogen-bond donors (Lipinski definition) is 1. The number of carbonyl (C=O) groups is 2. The van der Waals surface area contributed by atoms with Gasteiger partial charge in [0.15, 0.2) is 11.5 Å². The average molecular weight is 249 g/mol. The number of aromatic nitrogens is 3. The zero-order valence-electron chi connectivity index (χ0n) is 9.01. The third-order valence-electron chi connectivity index (χ3n) is 2.01. The van der Waals surface area contributed by atoms with Gasteiger partial charge in [0.25, 0.3) is 5.91 Å². The van der Waals surface area contributed by atoms with Crippen molar-refractivity contribution in [2.24, 2.45) is 5.73 Å². The summed E-state index contributed by atoms with van der Waals surface area (Å²) in [5.41, 5.74) is 5.15. The number of Topliss-reactive ketones (excluding diaryl/α,β-unsaturated/α-hetero) is 1. The second-order valence-corrected chi connectivity index (χ2v) is 4.47. The maximum atomic E-state index is 11.1. The molecule has 0 unspecified atom stereocenters. The zero-order chi connectivity index (χ0) is 12.4. The third kappa shape index (κ3) is 2.56. The normalized spacial score (nSPS) is 10.4. The molecule has 0 aliphatic rings. The topological polar surface area (TPSA) is 90.9 Å². The summed E-state index contributed by atoms with van der Waals surface area (Å²) in [4.78, 5) is 26.6. The number of nitrogens with two attached hydrogens (primary N) is 1. The number of carbonyl (C=O) groups excluding carboxylic acids is 2. The Morgan fingerprint density at radius 2 is 2.35 bits per heavy atom. The first-order chi connectivity index (χ1) is 8.06. The summed E-state index contributed by atoms with van der Waals surface area (Å²) in [5, 5.41) is 4.67. The van der Waals surface area contributed by atoms with Gasteiger partial charge in [-0.15, -0.1) is 11.3 Å². The number of thiazole rings is 1. The predicted molar refractivity (Wildman–Crippen MR) is 60.8 cm³/mol. The van der Waals surface area contributed by atoms with Crippen LogP contribution in [0.3, 0.4) is 0 Å². The quantitative estimate of drug-likeness (QED) is 0.798. The van der Waals surface area contributed by atoms with Crippen molar-refractivity contribution in [2.45, 2.75) is 13.5 Å². The third-order valence-corrected chi connectivity index (χ3v) is 3.09. The highest BCUT2D eigenvalue weighted by Gasteiger charge is 2.09. The summed E-state index contributed by atoms with van der Waals surface area (Å²) >= 11 is 1.30. The molecule has 0 saturated carbocycles. The van der Waals surface area contributed by atoms with Crippen LogP contribution in [-0.2, 0) is 6.54 Å². The summed E-state index contributed by atoms with van der Waals surface area (Å²) in [6, 6.07) is 2.64. The van der Waals surface area contributed by atoms with Gasteiger partial charge in [0.1, 0.15) is 5.01 Å². The van der Waals surface area contributed by atoms with Gasteiger partial charge in [0.05, 0.1) is 11.4 Å². The molecule has 0 aromatic carbocycles. The molecule has 6 nitrogen and oxygen atoms in total. The maximum absolute atomic E-state index is 11.1. The van der Waals surface area contributed by atoms with Crippen LogP contribution in [0.5, 0.6) is 0 Å². The molecule has 2 aromatic heterocycles. The summed E-state index contributed by atoms with van der Waals surface area (Å²) in [6.07, 6.45) is 3.06. The molecule has 0 aliphatic heterocycles. The van der Waals surface area contributed by atoms with Crippen molar-refractivity contribution < 1.29 is 9.59 Å². The Morgan fingerprint density at radius 1 is 1.59 bits per heavy atom. The van der Waals surface area contributed by atoms with Crippen molar-refractivity contribution in [2.75, 3.05) is 0 Å². The van der Waals surface area contributed by atoms with Crippen LogP contribution >= 0.6 is 11.3 Å². The van der Waals surface area contributed by atoms with Crippen LogP contribution in [-0.4, -0.2) is 26.5 Å². The second kappa shape index (κ2) is 4.46. The Hall–Kier alpha value is -2.02. The van der Waals surface area contributed by atoms with E-state index in [1.165, 1.54) is 35.3 Å². The van der Waals surface area contributed by atoms with Crippen LogP contribution in [0.25, 0.3) is 0 Å². The van der Waals surface area contributed by atoms with E-state index in [1.54, 1.807) is 0 Å². The van der Waals surface area contributed by atoms with E-state index in [0.29, 0.717) is 11.4 Å². The highest BCUT2D eigenvalue weighted by molar-refractivity contribution is 7.13. The maximum Gasteiger partial charge on any atom is 0.269 e. The Morgan fingerprint density at radius 3 is 2.88 bits per heavy atom. The molecule has 0 atom stereocenters. The van der Waals surface area contributed by atoms with Gasteiger partial charge >= 0.3 is 0 Å². The van der Waals surface area contributed by atoms with Crippen LogP contribution in [0.2, 0.25) is 0 Å². The van der Waals surface area contributed by atoms with Crippen LogP contribution in [0.15, 0.2) is 12.4 Å². The van der Waals surface area contributed by atoms with Gasteiger partial charge in [-0.25, -0.2) is 4.98 Å². The van der Waals surface area contributed by atoms with Crippen molar-refractivity contribution in [3.63, 3.8) is 0 Å². The molecule has 17 heavy (non-hydrogen) atoms. The van der Waals surface area contributed by atoms with E-state index in [-0.39, 0.29) is 11.5 Å². The fourth-order valence-corrected chi connectivity index (χ4v) is 2.01. The number of amides is 1. The lowest BCUT2D eigenvalue weighted by Gasteiger charge is -1.95. The molecule has 2 N–H and O–H groups in total. The molecule has 0 fully saturated rings. The van der Waals surface area contributed by atoms with Gasteiger partial charge in [-0.2, -0.15) is 5.10 Å².